The number of nitrogen functional groups attached to an aromatic ring is 1. The van der Waals surface area contributed by atoms with Gasteiger partial charge in [-0.3, -0.25) is 0 Å². The molecule has 2 heterocycles. The quantitative estimate of drug-likeness (QED) is 0.530. The molecule has 0 aliphatic carbocycles. The maximum atomic E-state index is 11.7. The van der Waals surface area contributed by atoms with Crippen molar-refractivity contribution in [2.24, 2.45) is 0 Å². The topological polar surface area (TPSA) is 95.2 Å². The molecule has 2 N–H and O–H groups in total. The summed E-state index contributed by atoms with van der Waals surface area (Å²) in [7, 11) is -3.31. The molecular formula is C12H11BrIN3O3S. The van der Waals surface area contributed by atoms with Crippen molar-refractivity contribution in [2.75, 3.05) is 11.5 Å². The zero-order valence-corrected chi connectivity index (χ0v) is 15.4. The predicted octanol–water partition coefficient (Wildman–Crippen LogP) is 3.01. The fourth-order valence-electron chi connectivity index (χ4n) is 1.42. The summed E-state index contributed by atoms with van der Waals surface area (Å²) in [6.07, 6.45) is 1.36. The van der Waals surface area contributed by atoms with E-state index in [1.807, 2.05) is 22.6 Å². The molecule has 0 aromatic carbocycles. The van der Waals surface area contributed by atoms with Gasteiger partial charge in [-0.25, -0.2) is 18.4 Å². The number of sulfone groups is 1. The van der Waals surface area contributed by atoms with Gasteiger partial charge >= 0.3 is 0 Å². The minimum absolute atomic E-state index is 0.00578. The Balaban J connectivity index is 2.27. The molecule has 9 heteroatoms. The molecule has 0 aliphatic heterocycles. The van der Waals surface area contributed by atoms with Gasteiger partial charge in [-0.15, -0.1) is 0 Å². The van der Waals surface area contributed by atoms with Crippen molar-refractivity contribution in [1.82, 2.24) is 9.97 Å². The highest BCUT2D eigenvalue weighted by Gasteiger charge is 2.14. The molecule has 2 aromatic rings. The number of nitrogens with two attached hydrogens (primary N) is 1. The molecule has 0 radical (unpaired) electrons. The minimum atomic E-state index is -3.31. The molecule has 2 rings (SSSR count). The summed E-state index contributed by atoms with van der Waals surface area (Å²) < 4.78 is 30.2. The third-order valence-electron chi connectivity index (χ3n) is 2.56. The molecule has 0 amide bonds. The van der Waals surface area contributed by atoms with Crippen LogP contribution in [0.1, 0.15) is 6.92 Å². The number of aromatic nitrogens is 2. The van der Waals surface area contributed by atoms with Gasteiger partial charge in [0.1, 0.15) is 11.6 Å². The van der Waals surface area contributed by atoms with Crippen LogP contribution in [0.5, 0.6) is 11.5 Å². The van der Waals surface area contributed by atoms with E-state index in [-0.39, 0.29) is 10.8 Å². The van der Waals surface area contributed by atoms with Crippen molar-refractivity contribution in [3.63, 3.8) is 0 Å². The molecule has 2 aromatic heterocycles. The lowest BCUT2D eigenvalue weighted by molar-refractivity contribution is 0.473. The maximum Gasteiger partial charge on any atom is 0.195 e. The van der Waals surface area contributed by atoms with Crippen LogP contribution in [0.25, 0.3) is 0 Å². The second-order valence-electron chi connectivity index (χ2n) is 3.98. The number of hydrogen-bond acceptors (Lipinski definition) is 6. The largest absolute Gasteiger partial charge is 0.453 e. The van der Waals surface area contributed by atoms with Crippen LogP contribution in [0.3, 0.4) is 0 Å². The molecule has 0 saturated heterocycles. The normalized spacial score (nSPS) is 11.4. The summed E-state index contributed by atoms with van der Waals surface area (Å²) in [5.74, 6) is 1.29. The number of anilines is 1. The van der Waals surface area contributed by atoms with Crippen LogP contribution in [0.15, 0.2) is 34.0 Å². The Hall–Kier alpha value is -0.940. The van der Waals surface area contributed by atoms with Crippen LogP contribution in [-0.4, -0.2) is 24.1 Å². The summed E-state index contributed by atoms with van der Waals surface area (Å²) in [5, 5.41) is 0.0291. The Kier molecular flexibility index (Phi) is 5.04. The molecule has 0 bridgehead atoms. The van der Waals surface area contributed by atoms with E-state index in [2.05, 4.69) is 25.9 Å². The standard InChI is InChI=1S/C12H11BrIN3O3S/c1-2-21(18,19)10-4-3-7(6-16-10)20-9-5-8(14)12(15)17-11(9)13/h3-6H,2H2,1H3,(H2,15,17). The molecule has 0 saturated carbocycles. The van der Waals surface area contributed by atoms with Gasteiger partial charge in [0.2, 0.25) is 0 Å². The van der Waals surface area contributed by atoms with Gasteiger partial charge in [0, 0.05) is 6.07 Å². The number of rotatable bonds is 4. The zero-order chi connectivity index (χ0) is 15.6. The first kappa shape index (κ1) is 16.4. The van der Waals surface area contributed by atoms with Gasteiger partial charge in [0.05, 0.1) is 15.5 Å². The van der Waals surface area contributed by atoms with E-state index in [1.165, 1.54) is 12.3 Å². The lowest BCUT2D eigenvalue weighted by Crippen LogP contribution is -2.05. The van der Waals surface area contributed by atoms with Crippen LogP contribution in [0.2, 0.25) is 0 Å². The van der Waals surface area contributed by atoms with Crippen molar-refractivity contribution in [1.29, 1.82) is 0 Å². The summed E-state index contributed by atoms with van der Waals surface area (Å²) in [4.78, 5) is 8.00. The number of nitrogens with zero attached hydrogens (tertiary/aromatic N) is 2. The maximum absolute atomic E-state index is 11.7. The number of ether oxygens (including phenoxy) is 1. The molecule has 21 heavy (non-hydrogen) atoms. The van der Waals surface area contributed by atoms with E-state index >= 15 is 0 Å². The van der Waals surface area contributed by atoms with Crippen LogP contribution in [-0.2, 0) is 9.84 Å². The minimum Gasteiger partial charge on any atom is -0.453 e. The highest BCUT2D eigenvalue weighted by atomic mass is 127. The monoisotopic (exact) mass is 483 g/mol. The molecule has 0 aliphatic rings. The fraction of sp³-hybridized carbons (Fsp3) is 0.167. The Bertz CT molecular complexity index is 766. The lowest BCUT2D eigenvalue weighted by Gasteiger charge is -2.09. The van der Waals surface area contributed by atoms with Crippen LogP contribution in [0, 0.1) is 3.57 Å². The third kappa shape index (κ3) is 3.83. The van der Waals surface area contributed by atoms with Crippen molar-refractivity contribution < 1.29 is 13.2 Å². The molecule has 0 spiro atoms. The van der Waals surface area contributed by atoms with Crippen molar-refractivity contribution in [2.45, 2.75) is 11.9 Å². The lowest BCUT2D eigenvalue weighted by atomic mass is 10.4. The van der Waals surface area contributed by atoms with Crippen LogP contribution < -0.4 is 10.5 Å². The number of halogens is 2. The van der Waals surface area contributed by atoms with Gasteiger partial charge in [-0.1, -0.05) is 6.92 Å². The summed E-state index contributed by atoms with van der Waals surface area (Å²) >= 11 is 5.31. The highest BCUT2D eigenvalue weighted by molar-refractivity contribution is 14.1. The van der Waals surface area contributed by atoms with Gasteiger partial charge in [-0.05, 0) is 50.7 Å². The summed E-state index contributed by atoms with van der Waals surface area (Å²) in [5.41, 5.74) is 5.68. The third-order valence-corrected chi connectivity index (χ3v) is 5.63. The van der Waals surface area contributed by atoms with Gasteiger partial charge in [0.25, 0.3) is 0 Å². The van der Waals surface area contributed by atoms with E-state index in [1.54, 1.807) is 19.1 Å². The Morgan fingerprint density at radius 2 is 2.14 bits per heavy atom. The second kappa shape index (κ2) is 6.44. The molecule has 6 nitrogen and oxygen atoms in total. The predicted molar refractivity (Wildman–Crippen MR) is 91.1 cm³/mol. The van der Waals surface area contributed by atoms with Crippen LogP contribution in [0.4, 0.5) is 5.82 Å². The Morgan fingerprint density at radius 1 is 1.43 bits per heavy atom. The second-order valence-corrected chi connectivity index (χ2v) is 8.12. The van der Waals surface area contributed by atoms with E-state index in [0.717, 1.165) is 3.57 Å². The van der Waals surface area contributed by atoms with E-state index in [4.69, 9.17) is 10.5 Å². The molecule has 0 unspecified atom stereocenters. The first-order valence-electron chi connectivity index (χ1n) is 5.81. The van der Waals surface area contributed by atoms with Gasteiger partial charge < -0.3 is 10.5 Å². The first-order valence-corrected chi connectivity index (χ1v) is 9.34. The number of hydrogen-bond donors (Lipinski definition) is 1. The molecule has 112 valence electrons. The average Bonchev–Trinajstić information content (AvgIpc) is 2.45. The van der Waals surface area contributed by atoms with E-state index in [0.29, 0.717) is 21.9 Å². The number of pyridine rings is 2. The SMILES string of the molecule is CCS(=O)(=O)c1ccc(Oc2cc(I)c(N)nc2Br)cn1. The van der Waals surface area contributed by atoms with E-state index < -0.39 is 9.84 Å². The molecule has 0 atom stereocenters. The van der Waals surface area contributed by atoms with Gasteiger partial charge in [0.15, 0.2) is 25.2 Å². The van der Waals surface area contributed by atoms with Gasteiger partial charge in [-0.2, -0.15) is 0 Å². The Labute approximate surface area is 144 Å². The summed E-state index contributed by atoms with van der Waals surface area (Å²) in [6.45, 7) is 1.57. The van der Waals surface area contributed by atoms with Crippen LogP contribution >= 0.6 is 38.5 Å². The zero-order valence-electron chi connectivity index (χ0n) is 10.9. The Morgan fingerprint density at radius 3 is 2.71 bits per heavy atom. The van der Waals surface area contributed by atoms with E-state index in [9.17, 15) is 8.42 Å². The average molecular weight is 484 g/mol. The smallest absolute Gasteiger partial charge is 0.195 e. The summed E-state index contributed by atoms with van der Waals surface area (Å²) in [6, 6.07) is 4.69. The van der Waals surface area contributed by atoms with Crippen molar-refractivity contribution in [3.05, 3.63) is 32.6 Å². The molecule has 0 fully saturated rings. The van der Waals surface area contributed by atoms with Crippen molar-refractivity contribution >= 4 is 54.2 Å². The van der Waals surface area contributed by atoms with Crippen molar-refractivity contribution in [3.8, 4) is 11.5 Å². The molecular weight excluding hydrogens is 473 g/mol. The fourth-order valence-corrected chi connectivity index (χ4v) is 2.99. The highest BCUT2D eigenvalue weighted by Crippen LogP contribution is 2.31. The first-order chi connectivity index (χ1) is 9.83.